The number of carbonyl (C=O) groups excluding carboxylic acids is 2. The molecule has 1 atom stereocenters. The molecule has 2 aromatic carbocycles. The summed E-state index contributed by atoms with van der Waals surface area (Å²) >= 11 is 0. The highest BCUT2D eigenvalue weighted by Crippen LogP contribution is 2.18. The summed E-state index contributed by atoms with van der Waals surface area (Å²) in [7, 11) is 0. The lowest BCUT2D eigenvalue weighted by molar-refractivity contribution is 0.0786. The van der Waals surface area contributed by atoms with Crippen molar-refractivity contribution in [2.45, 2.75) is 26.4 Å². The predicted molar refractivity (Wildman–Crippen MR) is 81.9 cm³/mol. The largest absolute Gasteiger partial charge is 0.482 e. The van der Waals surface area contributed by atoms with Gasteiger partial charge in [-0.15, -0.1) is 0 Å². The molecule has 0 N–H and O–H groups in total. The molecule has 2 aromatic rings. The number of hydrogen-bond donors (Lipinski definition) is 0. The second kappa shape index (κ2) is 6.84. The molecule has 2 rings (SSSR count). The zero-order chi connectivity index (χ0) is 15.2. The number of Topliss-reactive ketones (excluding diaryl/α,β-unsaturated/α-hetero) is 2. The number of ether oxygens (including phenoxy) is 1. The van der Waals surface area contributed by atoms with Gasteiger partial charge in [0.05, 0.1) is 0 Å². The van der Waals surface area contributed by atoms with E-state index in [-0.39, 0.29) is 11.6 Å². The van der Waals surface area contributed by atoms with Crippen molar-refractivity contribution in [1.82, 2.24) is 0 Å². The molecule has 3 nitrogen and oxygen atoms in total. The molecule has 3 heteroatoms. The SMILES string of the molecule is CCC(Oc1cccc(C(C)=O)c1)C(=O)c1ccccc1. The predicted octanol–water partition coefficient (Wildman–Crippen LogP) is 3.93. The maximum Gasteiger partial charge on any atom is 0.203 e. The van der Waals surface area contributed by atoms with Crippen LogP contribution in [0.15, 0.2) is 54.6 Å². The molecule has 1 unspecified atom stereocenters. The monoisotopic (exact) mass is 282 g/mol. The van der Waals surface area contributed by atoms with Crippen LogP contribution in [0.5, 0.6) is 5.75 Å². The summed E-state index contributed by atoms with van der Waals surface area (Å²) in [6.45, 7) is 3.41. The van der Waals surface area contributed by atoms with E-state index in [1.807, 2.05) is 25.1 Å². The maximum atomic E-state index is 12.4. The Morgan fingerprint density at radius 1 is 1.00 bits per heavy atom. The van der Waals surface area contributed by atoms with Crippen molar-refractivity contribution in [3.05, 3.63) is 65.7 Å². The van der Waals surface area contributed by atoms with Crippen LogP contribution in [-0.4, -0.2) is 17.7 Å². The molecule has 0 amide bonds. The topological polar surface area (TPSA) is 43.4 Å². The average molecular weight is 282 g/mol. The van der Waals surface area contributed by atoms with E-state index in [0.717, 1.165) is 0 Å². The third kappa shape index (κ3) is 3.78. The first-order chi connectivity index (χ1) is 10.1. The molecule has 0 heterocycles. The van der Waals surface area contributed by atoms with Crippen LogP contribution in [0.2, 0.25) is 0 Å². The third-order valence-corrected chi connectivity index (χ3v) is 3.24. The van der Waals surface area contributed by atoms with E-state index in [1.165, 1.54) is 6.92 Å². The van der Waals surface area contributed by atoms with Gasteiger partial charge in [-0.2, -0.15) is 0 Å². The first-order valence-electron chi connectivity index (χ1n) is 6.98. The van der Waals surface area contributed by atoms with E-state index >= 15 is 0 Å². The summed E-state index contributed by atoms with van der Waals surface area (Å²) in [6.07, 6.45) is 0.0208. The summed E-state index contributed by atoms with van der Waals surface area (Å²) in [5.74, 6) is 0.466. The van der Waals surface area contributed by atoms with Gasteiger partial charge in [0.15, 0.2) is 11.9 Å². The van der Waals surface area contributed by atoms with E-state index in [4.69, 9.17) is 4.74 Å². The third-order valence-electron chi connectivity index (χ3n) is 3.24. The van der Waals surface area contributed by atoms with E-state index in [2.05, 4.69) is 0 Å². The minimum atomic E-state index is -0.547. The van der Waals surface area contributed by atoms with Gasteiger partial charge in [0.2, 0.25) is 5.78 Å². The van der Waals surface area contributed by atoms with Crippen LogP contribution in [0.4, 0.5) is 0 Å². The molecular formula is C18H18O3. The van der Waals surface area contributed by atoms with Crippen molar-refractivity contribution in [2.24, 2.45) is 0 Å². The fourth-order valence-corrected chi connectivity index (χ4v) is 2.06. The van der Waals surface area contributed by atoms with Crippen molar-refractivity contribution in [1.29, 1.82) is 0 Å². The summed E-state index contributed by atoms with van der Waals surface area (Å²) < 4.78 is 5.77. The Morgan fingerprint density at radius 2 is 1.67 bits per heavy atom. The number of hydrogen-bond acceptors (Lipinski definition) is 3. The van der Waals surface area contributed by atoms with Gasteiger partial charge in [-0.1, -0.05) is 49.4 Å². The zero-order valence-electron chi connectivity index (χ0n) is 12.2. The first kappa shape index (κ1) is 15.0. The van der Waals surface area contributed by atoms with Crippen LogP contribution in [0.3, 0.4) is 0 Å². The summed E-state index contributed by atoms with van der Waals surface area (Å²) in [5.41, 5.74) is 1.21. The van der Waals surface area contributed by atoms with E-state index < -0.39 is 6.10 Å². The van der Waals surface area contributed by atoms with Gasteiger partial charge < -0.3 is 4.74 Å². The molecule has 0 spiro atoms. The molecule has 0 aliphatic heterocycles. The lowest BCUT2D eigenvalue weighted by Gasteiger charge is -2.17. The molecule has 0 aliphatic rings. The minimum absolute atomic E-state index is 0.0251. The highest BCUT2D eigenvalue weighted by atomic mass is 16.5. The Bertz CT molecular complexity index is 632. The van der Waals surface area contributed by atoms with Crippen LogP contribution in [0.1, 0.15) is 41.0 Å². The molecule has 108 valence electrons. The van der Waals surface area contributed by atoms with Gasteiger partial charge in [-0.25, -0.2) is 0 Å². The lowest BCUT2D eigenvalue weighted by atomic mass is 10.0. The van der Waals surface area contributed by atoms with Crippen molar-refractivity contribution in [3.8, 4) is 5.75 Å². The Balaban J connectivity index is 2.18. The van der Waals surface area contributed by atoms with Gasteiger partial charge in [0, 0.05) is 11.1 Å². The fourth-order valence-electron chi connectivity index (χ4n) is 2.06. The van der Waals surface area contributed by atoms with E-state index in [9.17, 15) is 9.59 Å². The Labute approximate surface area is 124 Å². The van der Waals surface area contributed by atoms with Crippen LogP contribution >= 0.6 is 0 Å². The summed E-state index contributed by atoms with van der Waals surface area (Å²) in [5, 5.41) is 0. The molecular weight excluding hydrogens is 264 g/mol. The van der Waals surface area contributed by atoms with Crippen LogP contribution in [0, 0.1) is 0 Å². The molecule has 0 aromatic heterocycles. The van der Waals surface area contributed by atoms with E-state index in [1.54, 1.807) is 36.4 Å². The number of carbonyl (C=O) groups is 2. The Morgan fingerprint density at radius 3 is 2.29 bits per heavy atom. The quantitative estimate of drug-likeness (QED) is 0.754. The fraction of sp³-hybridized carbons (Fsp3) is 0.222. The highest BCUT2D eigenvalue weighted by molar-refractivity contribution is 5.99. The van der Waals surface area contributed by atoms with Crippen molar-refractivity contribution in [3.63, 3.8) is 0 Å². The second-order valence-electron chi connectivity index (χ2n) is 4.83. The first-order valence-corrected chi connectivity index (χ1v) is 6.98. The van der Waals surface area contributed by atoms with Gasteiger partial charge in [0.25, 0.3) is 0 Å². The molecule has 0 fully saturated rings. The molecule has 0 saturated heterocycles. The minimum Gasteiger partial charge on any atom is -0.482 e. The van der Waals surface area contributed by atoms with Gasteiger partial charge in [0.1, 0.15) is 5.75 Å². The summed E-state index contributed by atoms with van der Waals surface area (Å²) in [6, 6.07) is 16.0. The molecule has 0 radical (unpaired) electrons. The second-order valence-corrected chi connectivity index (χ2v) is 4.83. The van der Waals surface area contributed by atoms with Crippen molar-refractivity contribution < 1.29 is 14.3 Å². The lowest BCUT2D eigenvalue weighted by Crippen LogP contribution is -2.26. The molecule has 0 aliphatic carbocycles. The Kier molecular flexibility index (Phi) is 4.88. The Hall–Kier alpha value is -2.42. The van der Waals surface area contributed by atoms with Crippen LogP contribution in [-0.2, 0) is 0 Å². The molecule has 21 heavy (non-hydrogen) atoms. The van der Waals surface area contributed by atoms with Crippen LogP contribution < -0.4 is 4.74 Å². The van der Waals surface area contributed by atoms with Gasteiger partial charge in [-0.3, -0.25) is 9.59 Å². The molecule has 0 saturated carbocycles. The standard InChI is InChI=1S/C18H18O3/c1-3-17(18(20)14-8-5-4-6-9-14)21-16-11-7-10-15(12-16)13(2)19/h4-12,17H,3H2,1-2H3. The molecule has 0 bridgehead atoms. The van der Waals surface area contributed by atoms with Crippen molar-refractivity contribution >= 4 is 11.6 Å². The number of ketones is 2. The smallest absolute Gasteiger partial charge is 0.203 e. The highest BCUT2D eigenvalue weighted by Gasteiger charge is 2.20. The average Bonchev–Trinajstić information content (AvgIpc) is 2.53. The summed E-state index contributed by atoms with van der Waals surface area (Å²) in [4.78, 5) is 23.8. The number of benzene rings is 2. The van der Waals surface area contributed by atoms with E-state index in [0.29, 0.717) is 23.3 Å². The van der Waals surface area contributed by atoms with Crippen molar-refractivity contribution in [2.75, 3.05) is 0 Å². The van der Waals surface area contributed by atoms with Crippen LogP contribution in [0.25, 0.3) is 0 Å². The number of rotatable bonds is 6. The maximum absolute atomic E-state index is 12.4. The normalized spacial score (nSPS) is 11.7. The van der Waals surface area contributed by atoms with Gasteiger partial charge in [-0.05, 0) is 25.5 Å². The zero-order valence-corrected chi connectivity index (χ0v) is 12.2. The van der Waals surface area contributed by atoms with Gasteiger partial charge >= 0.3 is 0 Å².